The van der Waals surface area contributed by atoms with E-state index in [2.05, 4.69) is 28.8 Å². The quantitative estimate of drug-likeness (QED) is 0.284. The van der Waals surface area contributed by atoms with Crippen molar-refractivity contribution in [3.8, 4) is 0 Å². The molecule has 76 valence electrons. The van der Waals surface area contributed by atoms with Crippen molar-refractivity contribution in [2.24, 2.45) is 5.11 Å². The average Bonchev–Trinajstić information content (AvgIpc) is 2.09. The summed E-state index contributed by atoms with van der Waals surface area (Å²) in [4.78, 5) is 4.97. The third-order valence-corrected chi connectivity index (χ3v) is 2.15. The first kappa shape index (κ1) is 12.6. The van der Waals surface area contributed by atoms with Crippen LogP contribution in [0.4, 0.5) is 0 Å². The Morgan fingerprint density at radius 2 is 2.08 bits per heavy atom. The molecule has 0 aliphatic carbocycles. The SMILES string of the molecule is CC(C)N(CCCl)C(C)CN=[N+]=[N-]. The van der Waals surface area contributed by atoms with Gasteiger partial charge in [0.05, 0.1) is 0 Å². The molecule has 1 atom stereocenters. The molecule has 0 aromatic heterocycles. The molecule has 0 bridgehead atoms. The van der Waals surface area contributed by atoms with E-state index in [9.17, 15) is 0 Å². The molecule has 0 saturated heterocycles. The van der Waals surface area contributed by atoms with Crippen LogP contribution in [0.2, 0.25) is 0 Å². The zero-order chi connectivity index (χ0) is 10.3. The monoisotopic (exact) mass is 204 g/mol. The Bertz CT molecular complexity index is 177. The van der Waals surface area contributed by atoms with Gasteiger partial charge in [0, 0.05) is 36.0 Å². The number of alkyl halides is 1. The highest BCUT2D eigenvalue weighted by molar-refractivity contribution is 6.18. The van der Waals surface area contributed by atoms with Crippen LogP contribution in [-0.4, -0.2) is 36.0 Å². The number of nitrogens with zero attached hydrogens (tertiary/aromatic N) is 4. The van der Waals surface area contributed by atoms with Crippen molar-refractivity contribution in [2.45, 2.75) is 32.9 Å². The van der Waals surface area contributed by atoms with Crippen LogP contribution >= 0.6 is 11.6 Å². The second kappa shape index (κ2) is 7.01. The lowest BCUT2D eigenvalue weighted by Gasteiger charge is -2.31. The van der Waals surface area contributed by atoms with Crippen molar-refractivity contribution in [1.82, 2.24) is 4.90 Å². The van der Waals surface area contributed by atoms with E-state index in [1.165, 1.54) is 0 Å². The summed E-state index contributed by atoms with van der Waals surface area (Å²) in [5.74, 6) is 0.610. The van der Waals surface area contributed by atoms with E-state index in [4.69, 9.17) is 17.1 Å². The van der Waals surface area contributed by atoms with Crippen molar-refractivity contribution in [3.05, 3.63) is 10.4 Å². The molecule has 13 heavy (non-hydrogen) atoms. The second-order valence-corrected chi connectivity index (χ2v) is 3.66. The summed E-state index contributed by atoms with van der Waals surface area (Å²) in [6.07, 6.45) is 0. The van der Waals surface area contributed by atoms with Gasteiger partial charge in [0.15, 0.2) is 0 Å². The molecule has 5 heteroatoms. The Hall–Kier alpha value is -0.440. The Labute approximate surface area is 84.5 Å². The zero-order valence-electron chi connectivity index (χ0n) is 8.44. The molecule has 0 radical (unpaired) electrons. The van der Waals surface area contributed by atoms with Crippen molar-refractivity contribution >= 4 is 11.6 Å². The predicted octanol–water partition coefficient (Wildman–Crippen LogP) is 2.63. The third kappa shape index (κ3) is 4.98. The second-order valence-electron chi connectivity index (χ2n) is 3.28. The van der Waals surface area contributed by atoms with Crippen LogP contribution < -0.4 is 0 Å². The maximum Gasteiger partial charge on any atom is 0.0411 e. The summed E-state index contributed by atoms with van der Waals surface area (Å²) in [6, 6.07) is 0.692. The molecule has 0 N–H and O–H groups in total. The summed E-state index contributed by atoms with van der Waals surface area (Å²) in [5, 5.41) is 3.55. The Morgan fingerprint density at radius 1 is 1.46 bits per heavy atom. The maximum absolute atomic E-state index is 8.18. The van der Waals surface area contributed by atoms with E-state index >= 15 is 0 Å². The predicted molar refractivity (Wildman–Crippen MR) is 56.0 cm³/mol. The minimum atomic E-state index is 0.259. The van der Waals surface area contributed by atoms with Crippen LogP contribution in [0.5, 0.6) is 0 Å². The van der Waals surface area contributed by atoms with Crippen LogP contribution in [0, 0.1) is 0 Å². The molecule has 0 amide bonds. The van der Waals surface area contributed by atoms with Gasteiger partial charge in [-0.1, -0.05) is 5.11 Å². The summed E-state index contributed by atoms with van der Waals surface area (Å²) in [5.41, 5.74) is 8.18. The molecule has 0 aliphatic rings. The molecule has 0 rings (SSSR count). The lowest BCUT2D eigenvalue weighted by atomic mass is 10.2. The number of azide groups is 1. The third-order valence-electron chi connectivity index (χ3n) is 1.98. The molecule has 0 aliphatic heterocycles. The van der Waals surface area contributed by atoms with Crippen LogP contribution in [-0.2, 0) is 0 Å². The highest BCUT2D eigenvalue weighted by Gasteiger charge is 2.15. The lowest BCUT2D eigenvalue weighted by Crippen LogP contribution is -2.41. The van der Waals surface area contributed by atoms with E-state index in [1.54, 1.807) is 0 Å². The average molecular weight is 205 g/mol. The Balaban J connectivity index is 4.09. The van der Waals surface area contributed by atoms with Gasteiger partial charge in [-0.3, -0.25) is 4.90 Å². The minimum absolute atomic E-state index is 0.259. The minimum Gasteiger partial charge on any atom is -0.297 e. The zero-order valence-corrected chi connectivity index (χ0v) is 9.20. The molecular weight excluding hydrogens is 188 g/mol. The molecule has 0 spiro atoms. The first-order chi connectivity index (χ1) is 6.13. The van der Waals surface area contributed by atoms with Gasteiger partial charge in [0.2, 0.25) is 0 Å². The van der Waals surface area contributed by atoms with Gasteiger partial charge < -0.3 is 0 Å². The molecule has 1 unspecified atom stereocenters. The summed E-state index contributed by atoms with van der Waals surface area (Å²) >= 11 is 5.67. The van der Waals surface area contributed by atoms with Gasteiger partial charge in [0.25, 0.3) is 0 Å². The highest BCUT2D eigenvalue weighted by Crippen LogP contribution is 2.06. The molecule has 0 aromatic carbocycles. The lowest BCUT2D eigenvalue weighted by molar-refractivity contribution is 0.179. The van der Waals surface area contributed by atoms with Gasteiger partial charge >= 0.3 is 0 Å². The number of hydrogen-bond donors (Lipinski definition) is 0. The van der Waals surface area contributed by atoms with Crippen molar-refractivity contribution in [3.63, 3.8) is 0 Å². The van der Waals surface area contributed by atoms with Crippen LogP contribution in [0.1, 0.15) is 20.8 Å². The normalized spacial score (nSPS) is 13.1. The largest absolute Gasteiger partial charge is 0.297 e. The fraction of sp³-hybridized carbons (Fsp3) is 1.00. The highest BCUT2D eigenvalue weighted by atomic mass is 35.5. The number of halogens is 1. The van der Waals surface area contributed by atoms with Gasteiger partial charge in [-0.15, -0.1) is 11.6 Å². The molecule has 0 aromatic rings. The van der Waals surface area contributed by atoms with Gasteiger partial charge in [0.1, 0.15) is 0 Å². The summed E-state index contributed by atoms with van der Waals surface area (Å²) in [6.45, 7) is 7.60. The Kier molecular flexibility index (Phi) is 6.77. The maximum atomic E-state index is 8.18. The van der Waals surface area contributed by atoms with E-state index in [0.717, 1.165) is 6.54 Å². The topological polar surface area (TPSA) is 52.0 Å². The van der Waals surface area contributed by atoms with Crippen LogP contribution in [0.25, 0.3) is 10.4 Å². The fourth-order valence-corrected chi connectivity index (χ4v) is 1.54. The molecule has 0 heterocycles. The van der Waals surface area contributed by atoms with E-state index in [-0.39, 0.29) is 6.04 Å². The van der Waals surface area contributed by atoms with E-state index < -0.39 is 0 Å². The van der Waals surface area contributed by atoms with Gasteiger partial charge in [-0.05, 0) is 26.3 Å². The number of rotatable bonds is 6. The first-order valence-corrected chi connectivity index (χ1v) is 4.99. The molecule has 4 nitrogen and oxygen atoms in total. The smallest absolute Gasteiger partial charge is 0.0411 e. The molecule has 0 saturated carbocycles. The summed E-state index contributed by atoms with van der Waals surface area (Å²) < 4.78 is 0. The van der Waals surface area contributed by atoms with Crippen molar-refractivity contribution in [2.75, 3.05) is 19.0 Å². The fourth-order valence-electron chi connectivity index (χ4n) is 1.34. The summed E-state index contributed by atoms with van der Waals surface area (Å²) in [7, 11) is 0. The van der Waals surface area contributed by atoms with Crippen molar-refractivity contribution < 1.29 is 0 Å². The first-order valence-electron chi connectivity index (χ1n) is 4.46. The van der Waals surface area contributed by atoms with Crippen molar-refractivity contribution in [1.29, 1.82) is 0 Å². The molecular formula is C8H17ClN4. The van der Waals surface area contributed by atoms with E-state index in [1.807, 2.05) is 6.92 Å². The van der Waals surface area contributed by atoms with E-state index in [0.29, 0.717) is 18.5 Å². The molecule has 0 fully saturated rings. The number of hydrogen-bond acceptors (Lipinski definition) is 2. The van der Waals surface area contributed by atoms with Crippen LogP contribution in [0.3, 0.4) is 0 Å². The Morgan fingerprint density at radius 3 is 2.46 bits per heavy atom. The van der Waals surface area contributed by atoms with Crippen LogP contribution in [0.15, 0.2) is 5.11 Å². The van der Waals surface area contributed by atoms with Gasteiger partial charge in [-0.2, -0.15) is 0 Å². The van der Waals surface area contributed by atoms with Gasteiger partial charge in [-0.25, -0.2) is 0 Å². The standard InChI is InChI=1S/C8H17ClN4/c1-7(2)13(5-4-9)8(3)6-11-12-10/h7-8H,4-6H2,1-3H3.